The van der Waals surface area contributed by atoms with Gasteiger partial charge in [-0.2, -0.15) is 0 Å². The molecule has 0 unspecified atom stereocenters. The van der Waals surface area contributed by atoms with Crippen LogP contribution in [0.5, 0.6) is 5.75 Å². The van der Waals surface area contributed by atoms with Crippen molar-refractivity contribution in [2.75, 3.05) is 13.7 Å². The largest absolute Gasteiger partial charge is 0.495 e. The van der Waals surface area contributed by atoms with Gasteiger partial charge < -0.3 is 9.47 Å². The van der Waals surface area contributed by atoms with Crippen molar-refractivity contribution in [1.82, 2.24) is 24.1 Å². The minimum Gasteiger partial charge on any atom is -0.495 e. The molecule has 0 amide bonds. The van der Waals surface area contributed by atoms with Gasteiger partial charge in [-0.1, -0.05) is 23.7 Å². The molecule has 0 radical (unpaired) electrons. The van der Waals surface area contributed by atoms with Gasteiger partial charge >= 0.3 is 0 Å². The SMILES string of the molecule is COc1ccc(-n2c3nc4ccccc4nc3c3c(=O)n(C[C@H]4CCCO4)c(C)nc32)cc1Cl. The minimum absolute atomic E-state index is 0.0105. The zero-order valence-corrected chi connectivity index (χ0v) is 19.5. The van der Waals surface area contributed by atoms with Crippen LogP contribution in [0.15, 0.2) is 47.3 Å². The number of aromatic nitrogens is 5. The Morgan fingerprint density at radius 1 is 1.12 bits per heavy atom. The van der Waals surface area contributed by atoms with E-state index >= 15 is 0 Å². The Morgan fingerprint density at radius 3 is 2.62 bits per heavy atom. The molecule has 3 aromatic heterocycles. The fourth-order valence-corrected chi connectivity index (χ4v) is 4.93. The van der Waals surface area contributed by atoms with E-state index in [0.717, 1.165) is 30.7 Å². The molecule has 1 fully saturated rings. The lowest BCUT2D eigenvalue weighted by molar-refractivity contribution is 0.0955. The Balaban J connectivity index is 1.70. The highest BCUT2D eigenvalue weighted by atomic mass is 35.5. The van der Waals surface area contributed by atoms with Gasteiger partial charge in [0.05, 0.1) is 41.5 Å². The number of para-hydroxylation sites is 2. The molecular formula is C25H22ClN5O3. The fraction of sp³-hybridized carbons (Fsp3) is 0.280. The summed E-state index contributed by atoms with van der Waals surface area (Å²) in [6.45, 7) is 3.04. The lowest BCUT2D eigenvalue weighted by atomic mass is 10.2. The summed E-state index contributed by atoms with van der Waals surface area (Å²) in [4.78, 5) is 28.4. The van der Waals surface area contributed by atoms with E-state index in [2.05, 4.69) is 0 Å². The molecule has 8 nitrogen and oxygen atoms in total. The first-order valence-corrected chi connectivity index (χ1v) is 11.6. The zero-order chi connectivity index (χ0) is 23.4. The maximum absolute atomic E-state index is 13.8. The van der Waals surface area contributed by atoms with Crippen LogP contribution in [0.25, 0.3) is 38.9 Å². The number of fused-ring (bicyclic) bond motifs is 4. The van der Waals surface area contributed by atoms with Gasteiger partial charge in [0.15, 0.2) is 11.3 Å². The summed E-state index contributed by atoms with van der Waals surface area (Å²) in [5.41, 5.74) is 3.58. The fourth-order valence-electron chi connectivity index (χ4n) is 4.68. The molecule has 9 heteroatoms. The third-order valence-corrected chi connectivity index (χ3v) is 6.65. The van der Waals surface area contributed by atoms with Gasteiger partial charge in [-0.3, -0.25) is 13.9 Å². The first-order chi connectivity index (χ1) is 16.5. The second-order valence-corrected chi connectivity index (χ2v) is 8.85. The van der Waals surface area contributed by atoms with Crippen LogP contribution in [0.4, 0.5) is 0 Å². The lowest BCUT2D eigenvalue weighted by Gasteiger charge is -2.15. The van der Waals surface area contributed by atoms with Gasteiger partial charge in [-0.15, -0.1) is 0 Å². The molecule has 0 aliphatic carbocycles. The minimum atomic E-state index is -0.147. The van der Waals surface area contributed by atoms with Crippen molar-refractivity contribution in [3.63, 3.8) is 0 Å². The Hall–Kier alpha value is -3.49. The quantitative estimate of drug-likeness (QED) is 0.382. The summed E-state index contributed by atoms with van der Waals surface area (Å²) < 4.78 is 14.6. The second kappa shape index (κ2) is 8.07. The van der Waals surface area contributed by atoms with E-state index in [1.165, 1.54) is 0 Å². The first kappa shape index (κ1) is 21.1. The van der Waals surface area contributed by atoms with Crippen molar-refractivity contribution >= 4 is 44.8 Å². The number of rotatable bonds is 4. The molecule has 172 valence electrons. The van der Waals surface area contributed by atoms with Crippen LogP contribution in [-0.4, -0.2) is 43.9 Å². The van der Waals surface area contributed by atoms with Gasteiger partial charge in [0.25, 0.3) is 5.56 Å². The molecule has 1 aliphatic rings. The normalized spacial score (nSPS) is 16.1. The van der Waals surface area contributed by atoms with Gasteiger partial charge in [0.2, 0.25) is 0 Å². The Morgan fingerprint density at radius 2 is 1.91 bits per heavy atom. The predicted molar refractivity (Wildman–Crippen MR) is 131 cm³/mol. The van der Waals surface area contributed by atoms with Crippen LogP contribution in [0.3, 0.4) is 0 Å². The van der Waals surface area contributed by atoms with Crippen molar-refractivity contribution in [1.29, 1.82) is 0 Å². The van der Waals surface area contributed by atoms with Crippen molar-refractivity contribution in [2.45, 2.75) is 32.4 Å². The van der Waals surface area contributed by atoms with Crippen LogP contribution in [0, 0.1) is 6.92 Å². The molecule has 0 N–H and O–H groups in total. The Bertz CT molecular complexity index is 1640. The maximum Gasteiger partial charge on any atom is 0.265 e. The summed E-state index contributed by atoms with van der Waals surface area (Å²) in [7, 11) is 1.57. The maximum atomic E-state index is 13.8. The smallest absolute Gasteiger partial charge is 0.265 e. The number of hydrogen-bond donors (Lipinski definition) is 0. The third kappa shape index (κ3) is 3.25. The number of benzene rings is 2. The molecule has 5 aromatic rings. The highest BCUT2D eigenvalue weighted by molar-refractivity contribution is 6.32. The third-order valence-electron chi connectivity index (χ3n) is 6.36. The lowest BCUT2D eigenvalue weighted by Crippen LogP contribution is -2.29. The van der Waals surface area contributed by atoms with Crippen LogP contribution in [-0.2, 0) is 11.3 Å². The van der Waals surface area contributed by atoms with Crippen molar-refractivity contribution in [3.8, 4) is 11.4 Å². The number of halogens is 1. The number of hydrogen-bond acceptors (Lipinski definition) is 6. The molecule has 1 aliphatic heterocycles. The van der Waals surface area contributed by atoms with Crippen molar-refractivity contribution in [3.05, 3.63) is 63.7 Å². The summed E-state index contributed by atoms with van der Waals surface area (Å²) in [6.07, 6.45) is 1.94. The van der Waals surface area contributed by atoms with Gasteiger partial charge in [-0.25, -0.2) is 15.0 Å². The molecule has 2 aromatic carbocycles. The predicted octanol–water partition coefficient (Wildman–Crippen LogP) is 4.43. The van der Waals surface area contributed by atoms with Gasteiger partial charge in [0.1, 0.15) is 22.5 Å². The average Bonchev–Trinajstić information content (AvgIpc) is 3.46. The van der Waals surface area contributed by atoms with Gasteiger partial charge in [0, 0.05) is 6.61 Å². The van der Waals surface area contributed by atoms with E-state index in [0.29, 0.717) is 50.9 Å². The second-order valence-electron chi connectivity index (χ2n) is 8.45. The number of ether oxygens (including phenoxy) is 2. The molecule has 34 heavy (non-hydrogen) atoms. The Kier molecular flexibility index (Phi) is 5.00. The zero-order valence-electron chi connectivity index (χ0n) is 18.8. The van der Waals surface area contributed by atoms with E-state index in [1.54, 1.807) is 23.8 Å². The molecule has 1 saturated heterocycles. The molecular weight excluding hydrogens is 454 g/mol. The average molecular weight is 476 g/mol. The summed E-state index contributed by atoms with van der Waals surface area (Å²) in [5, 5.41) is 0.885. The molecule has 1 atom stereocenters. The molecule has 6 rings (SSSR count). The van der Waals surface area contributed by atoms with E-state index in [-0.39, 0.29) is 11.7 Å². The van der Waals surface area contributed by atoms with E-state index in [4.69, 9.17) is 36.0 Å². The van der Waals surface area contributed by atoms with E-state index in [1.807, 2.05) is 41.8 Å². The molecule has 4 heterocycles. The standard InChI is InChI=1S/C25H22ClN5O3/c1-14-27-23-21(25(32)30(14)13-16-6-5-11-34-16)22-24(29-19-8-4-3-7-18(19)28-22)31(23)15-9-10-20(33-2)17(26)12-15/h3-4,7-10,12,16H,5-6,11,13H2,1-2H3/t16-/m1/s1. The van der Waals surface area contributed by atoms with E-state index < -0.39 is 0 Å². The highest BCUT2D eigenvalue weighted by Crippen LogP contribution is 2.32. The summed E-state index contributed by atoms with van der Waals surface area (Å²) in [5.74, 6) is 1.17. The van der Waals surface area contributed by atoms with Crippen LogP contribution < -0.4 is 10.3 Å². The van der Waals surface area contributed by atoms with Gasteiger partial charge in [-0.05, 0) is 50.1 Å². The first-order valence-electron chi connectivity index (χ1n) is 11.2. The number of aryl methyl sites for hydroxylation is 1. The Labute approximate surface area is 199 Å². The van der Waals surface area contributed by atoms with Crippen molar-refractivity contribution in [2.24, 2.45) is 0 Å². The van der Waals surface area contributed by atoms with Crippen LogP contribution in [0.1, 0.15) is 18.7 Å². The monoisotopic (exact) mass is 475 g/mol. The molecule has 0 bridgehead atoms. The van der Waals surface area contributed by atoms with E-state index in [9.17, 15) is 4.79 Å². The van der Waals surface area contributed by atoms with Crippen molar-refractivity contribution < 1.29 is 9.47 Å². The van der Waals surface area contributed by atoms with Crippen LogP contribution >= 0.6 is 11.6 Å². The summed E-state index contributed by atoms with van der Waals surface area (Å²) in [6, 6.07) is 13.1. The molecule has 0 saturated carbocycles. The van der Waals surface area contributed by atoms with Crippen LogP contribution in [0.2, 0.25) is 5.02 Å². The topological polar surface area (TPSA) is 84.1 Å². The summed E-state index contributed by atoms with van der Waals surface area (Å²) >= 11 is 6.45. The molecule has 0 spiro atoms. The number of methoxy groups -OCH3 is 1. The highest BCUT2D eigenvalue weighted by Gasteiger charge is 2.24. The number of nitrogens with zero attached hydrogens (tertiary/aromatic N) is 5.